The molecule has 2 aromatic rings. The molecule has 0 fully saturated rings. The molecule has 0 bridgehead atoms. The third-order valence-corrected chi connectivity index (χ3v) is 1.95. The largest absolute Gasteiger partial charge is 0.286 e. The number of benzene rings is 2. The van der Waals surface area contributed by atoms with E-state index in [2.05, 4.69) is 0 Å². The highest BCUT2D eigenvalue weighted by atomic mass is 19.2. The Balaban J connectivity index is 2.91. The molecule has 2 rings (SSSR count). The number of hydrogen-bond acceptors (Lipinski definition) is 0. The Morgan fingerprint density at radius 2 is 1.71 bits per heavy atom. The van der Waals surface area contributed by atoms with E-state index in [4.69, 9.17) is 0 Å². The number of fused-ring (bicyclic) bond motifs is 1. The van der Waals surface area contributed by atoms with E-state index in [1.54, 1.807) is 0 Å². The van der Waals surface area contributed by atoms with Gasteiger partial charge in [-0.25, -0.2) is 8.78 Å². The fourth-order valence-corrected chi connectivity index (χ4v) is 1.29. The van der Waals surface area contributed by atoms with E-state index in [1.165, 1.54) is 0 Å². The molecule has 0 amide bonds. The molecule has 0 saturated heterocycles. The highest BCUT2D eigenvalue weighted by Gasteiger charge is 2.14. The Kier molecular flexibility index (Phi) is 1.84. The Bertz CT molecular complexity index is 508. The summed E-state index contributed by atoms with van der Waals surface area (Å²) in [4.78, 5) is 0. The lowest BCUT2D eigenvalue weighted by Crippen LogP contribution is -1.86. The third-order valence-electron chi connectivity index (χ3n) is 1.95. The summed E-state index contributed by atoms with van der Waals surface area (Å²) in [7, 11) is 0. The summed E-state index contributed by atoms with van der Waals surface area (Å²) in [5.74, 6) is -4.32. The van der Waals surface area contributed by atoms with Crippen molar-refractivity contribution in [2.24, 2.45) is 0 Å². The highest BCUT2D eigenvalue weighted by Crippen LogP contribution is 2.30. The van der Waals surface area contributed by atoms with Crippen LogP contribution >= 0.6 is 0 Å². The van der Waals surface area contributed by atoms with Crippen molar-refractivity contribution in [3.05, 3.63) is 41.7 Å². The second-order valence-electron chi connectivity index (χ2n) is 2.87. The van der Waals surface area contributed by atoms with Crippen LogP contribution in [0.1, 0.15) is 0 Å². The first-order valence-electron chi connectivity index (χ1n) is 3.84. The van der Waals surface area contributed by atoms with Crippen molar-refractivity contribution >= 4 is 10.8 Å². The zero-order chi connectivity index (χ0) is 10.3. The van der Waals surface area contributed by atoms with Crippen LogP contribution in [0.25, 0.3) is 10.8 Å². The van der Waals surface area contributed by atoms with E-state index in [0.717, 1.165) is 24.3 Å². The molecule has 0 aromatic heterocycles. The third kappa shape index (κ3) is 1.19. The quantitative estimate of drug-likeness (QED) is 0.616. The molecule has 1 radical (unpaired) electrons. The second-order valence-corrected chi connectivity index (χ2v) is 2.87. The van der Waals surface area contributed by atoms with Crippen LogP contribution < -0.4 is 0 Å². The first-order valence-corrected chi connectivity index (χ1v) is 3.84. The molecular formula is C10H4F3O. The Labute approximate surface area is 77.4 Å². The molecule has 0 aliphatic rings. The van der Waals surface area contributed by atoms with Crippen LogP contribution in [0.5, 0.6) is 5.75 Å². The van der Waals surface area contributed by atoms with Crippen LogP contribution in [0.3, 0.4) is 0 Å². The summed E-state index contributed by atoms with van der Waals surface area (Å²) in [6.07, 6.45) is 0. The highest BCUT2D eigenvalue weighted by molar-refractivity contribution is 5.88. The molecule has 0 heterocycles. The van der Waals surface area contributed by atoms with Crippen LogP contribution in [0.15, 0.2) is 24.3 Å². The monoisotopic (exact) mass is 197 g/mol. The average Bonchev–Trinajstić information content (AvgIpc) is 2.14. The van der Waals surface area contributed by atoms with Crippen LogP contribution in [0.4, 0.5) is 13.2 Å². The Hall–Kier alpha value is -1.71. The van der Waals surface area contributed by atoms with Gasteiger partial charge in [0, 0.05) is 5.39 Å². The Morgan fingerprint density at radius 1 is 1.00 bits per heavy atom. The maximum Gasteiger partial charge on any atom is 0.225 e. The molecule has 0 aliphatic heterocycles. The minimum atomic E-state index is -1.43. The fourth-order valence-electron chi connectivity index (χ4n) is 1.29. The van der Waals surface area contributed by atoms with Gasteiger partial charge in [-0.05, 0) is 29.7 Å². The van der Waals surface area contributed by atoms with Crippen LogP contribution in [-0.2, 0) is 5.11 Å². The molecule has 0 spiro atoms. The van der Waals surface area contributed by atoms with Gasteiger partial charge in [0.15, 0.2) is 5.82 Å². The topological polar surface area (TPSA) is 19.9 Å². The zero-order valence-corrected chi connectivity index (χ0v) is 6.85. The second kappa shape index (κ2) is 2.90. The molecule has 1 nitrogen and oxygen atoms in total. The summed E-state index contributed by atoms with van der Waals surface area (Å²) in [6, 6.07) is 3.95. The Morgan fingerprint density at radius 3 is 2.43 bits per heavy atom. The van der Waals surface area contributed by atoms with Crippen molar-refractivity contribution < 1.29 is 18.3 Å². The molecule has 71 valence electrons. The van der Waals surface area contributed by atoms with Gasteiger partial charge < -0.3 is 0 Å². The lowest BCUT2D eigenvalue weighted by atomic mass is 10.1. The van der Waals surface area contributed by atoms with E-state index in [-0.39, 0.29) is 10.8 Å². The molecule has 0 atom stereocenters. The van der Waals surface area contributed by atoms with Crippen molar-refractivity contribution in [1.82, 2.24) is 0 Å². The van der Waals surface area contributed by atoms with Crippen molar-refractivity contribution in [1.29, 1.82) is 0 Å². The summed E-state index contributed by atoms with van der Waals surface area (Å²) in [5, 5.41) is 11.2. The van der Waals surface area contributed by atoms with Gasteiger partial charge in [0.1, 0.15) is 5.82 Å². The van der Waals surface area contributed by atoms with Gasteiger partial charge in [-0.1, -0.05) is 0 Å². The smallest absolute Gasteiger partial charge is 0.225 e. The van der Waals surface area contributed by atoms with E-state index < -0.39 is 23.2 Å². The number of rotatable bonds is 0. The first kappa shape index (κ1) is 8.87. The fraction of sp³-hybridized carbons (Fsp3) is 0. The van der Waals surface area contributed by atoms with Gasteiger partial charge in [-0.3, -0.25) is 5.11 Å². The maximum atomic E-state index is 12.8. The van der Waals surface area contributed by atoms with E-state index in [1.807, 2.05) is 0 Å². The molecule has 0 N–H and O–H groups in total. The van der Waals surface area contributed by atoms with Crippen molar-refractivity contribution in [3.63, 3.8) is 0 Å². The van der Waals surface area contributed by atoms with Gasteiger partial charge >= 0.3 is 0 Å². The normalized spacial score (nSPS) is 10.8. The van der Waals surface area contributed by atoms with Crippen LogP contribution in [0.2, 0.25) is 0 Å². The molecule has 2 aromatic carbocycles. The molecule has 4 heteroatoms. The summed E-state index contributed by atoms with van der Waals surface area (Å²) < 4.78 is 38.2. The minimum absolute atomic E-state index is 0.0229. The molecular weight excluding hydrogens is 193 g/mol. The number of hydrogen-bond donors (Lipinski definition) is 0. The van der Waals surface area contributed by atoms with Crippen molar-refractivity contribution in [3.8, 4) is 5.75 Å². The maximum absolute atomic E-state index is 12.8. The standard InChI is InChI=1S/C10H4F3O/c11-6-1-2-7-5(3-6)4-8(12)9(13)10(7)14/h1-4H. The minimum Gasteiger partial charge on any atom is -0.286 e. The predicted molar refractivity (Wildman–Crippen MR) is 44.0 cm³/mol. The van der Waals surface area contributed by atoms with Gasteiger partial charge in [0.25, 0.3) is 0 Å². The molecule has 0 unspecified atom stereocenters. The molecule has 14 heavy (non-hydrogen) atoms. The van der Waals surface area contributed by atoms with Crippen molar-refractivity contribution in [2.75, 3.05) is 0 Å². The summed E-state index contributed by atoms with van der Waals surface area (Å²) in [5.41, 5.74) is 0. The molecule has 0 aliphatic carbocycles. The average molecular weight is 197 g/mol. The number of halogens is 3. The first-order chi connectivity index (χ1) is 6.59. The lowest BCUT2D eigenvalue weighted by Gasteiger charge is -2.00. The van der Waals surface area contributed by atoms with Crippen LogP contribution in [-0.4, -0.2) is 0 Å². The van der Waals surface area contributed by atoms with Gasteiger partial charge in [-0.2, -0.15) is 4.39 Å². The predicted octanol–water partition coefficient (Wildman–Crippen LogP) is 3.40. The van der Waals surface area contributed by atoms with Gasteiger partial charge in [-0.15, -0.1) is 0 Å². The lowest BCUT2D eigenvalue weighted by molar-refractivity contribution is 0.326. The molecule has 0 saturated carbocycles. The van der Waals surface area contributed by atoms with Crippen LogP contribution in [0, 0.1) is 17.5 Å². The SMILES string of the molecule is [O]c1c(F)c(F)cc2cc(F)ccc12. The van der Waals surface area contributed by atoms with E-state index >= 15 is 0 Å². The zero-order valence-electron chi connectivity index (χ0n) is 6.85. The van der Waals surface area contributed by atoms with E-state index in [9.17, 15) is 18.3 Å². The summed E-state index contributed by atoms with van der Waals surface area (Å²) in [6.45, 7) is 0. The van der Waals surface area contributed by atoms with Crippen molar-refractivity contribution in [2.45, 2.75) is 0 Å². The van der Waals surface area contributed by atoms with Gasteiger partial charge in [0.05, 0.1) is 0 Å². The summed E-state index contributed by atoms with van der Waals surface area (Å²) >= 11 is 0. The van der Waals surface area contributed by atoms with E-state index in [0.29, 0.717) is 0 Å². The van der Waals surface area contributed by atoms with Gasteiger partial charge in [0.2, 0.25) is 11.6 Å².